The van der Waals surface area contributed by atoms with Crippen LogP contribution >= 0.6 is 11.8 Å². The smallest absolute Gasteiger partial charge is 0.306 e. The summed E-state index contributed by atoms with van der Waals surface area (Å²) in [5, 5.41) is 26.3. The number of halogens is 2. The van der Waals surface area contributed by atoms with Gasteiger partial charge in [-0.3, -0.25) is 29.8 Å². The fraction of sp³-hybridized carbons (Fsp3) is 0.222. The van der Waals surface area contributed by atoms with Gasteiger partial charge in [0.05, 0.1) is 9.85 Å². The maximum atomic E-state index is 13.3. The Balaban J connectivity index is 1.71. The van der Waals surface area contributed by atoms with Crippen molar-refractivity contribution in [3.63, 3.8) is 0 Å². The van der Waals surface area contributed by atoms with Crippen molar-refractivity contribution in [2.75, 3.05) is 22.1 Å². The molecule has 0 saturated heterocycles. The summed E-state index contributed by atoms with van der Waals surface area (Å²) in [5.74, 6) is -2.18. The van der Waals surface area contributed by atoms with Crippen molar-refractivity contribution in [1.82, 2.24) is 0 Å². The van der Waals surface area contributed by atoms with Gasteiger partial charge < -0.3 is 10.6 Å². The van der Waals surface area contributed by atoms with Crippen molar-refractivity contribution < 1.29 is 28.2 Å². The van der Waals surface area contributed by atoms with E-state index in [2.05, 4.69) is 10.6 Å². The molecule has 13 heteroatoms. The van der Waals surface area contributed by atoms with E-state index in [1.165, 1.54) is 23.9 Å². The van der Waals surface area contributed by atoms with E-state index in [0.29, 0.717) is 11.5 Å². The van der Waals surface area contributed by atoms with Gasteiger partial charge in [0.25, 0.3) is 0 Å². The largest absolute Gasteiger partial charge is 0.326 e. The van der Waals surface area contributed by atoms with Crippen LogP contribution in [0.3, 0.4) is 0 Å². The lowest BCUT2D eigenvalue weighted by Gasteiger charge is -2.07. The fourth-order valence-corrected chi connectivity index (χ4v) is 3.20. The van der Waals surface area contributed by atoms with Crippen LogP contribution in [-0.2, 0) is 9.59 Å². The van der Waals surface area contributed by atoms with Crippen molar-refractivity contribution >= 4 is 46.3 Å². The average Bonchev–Trinajstić information content (AvgIpc) is 2.70. The third-order valence-corrected chi connectivity index (χ3v) is 4.79. The summed E-state index contributed by atoms with van der Waals surface area (Å²) in [5.41, 5.74) is -1.30. The van der Waals surface area contributed by atoms with Gasteiger partial charge in [0, 0.05) is 47.9 Å². The molecule has 2 aromatic rings. The Morgan fingerprint density at radius 2 is 1.19 bits per heavy atom. The maximum Gasteiger partial charge on any atom is 0.306 e. The second-order valence-electron chi connectivity index (χ2n) is 6.06. The molecule has 0 aromatic heterocycles. The van der Waals surface area contributed by atoms with Crippen LogP contribution in [0.1, 0.15) is 12.8 Å². The molecule has 2 amide bonds. The van der Waals surface area contributed by atoms with E-state index in [4.69, 9.17) is 0 Å². The highest BCUT2D eigenvalue weighted by molar-refractivity contribution is 7.99. The van der Waals surface area contributed by atoms with Gasteiger partial charge in [0.2, 0.25) is 23.4 Å². The van der Waals surface area contributed by atoms with Crippen molar-refractivity contribution in [3.8, 4) is 0 Å². The molecule has 2 rings (SSSR count). The van der Waals surface area contributed by atoms with Crippen LogP contribution in [0.2, 0.25) is 0 Å². The predicted octanol–water partition coefficient (Wildman–Crippen LogP) is 3.87. The lowest BCUT2D eigenvalue weighted by Crippen LogP contribution is -2.14. The number of hydrogen-bond acceptors (Lipinski definition) is 7. The van der Waals surface area contributed by atoms with Gasteiger partial charge in [-0.05, 0) is 24.3 Å². The first-order valence-electron chi connectivity index (χ1n) is 8.72. The van der Waals surface area contributed by atoms with Crippen LogP contribution in [0.15, 0.2) is 36.4 Å². The van der Waals surface area contributed by atoms with Crippen molar-refractivity contribution in [1.29, 1.82) is 0 Å². The van der Waals surface area contributed by atoms with E-state index in [-0.39, 0.29) is 24.2 Å². The summed E-state index contributed by atoms with van der Waals surface area (Å²) in [4.78, 5) is 43.4. The molecule has 0 bridgehead atoms. The number of nitrogens with zero attached hydrogens (tertiary/aromatic N) is 2. The minimum atomic E-state index is -1.01. The fourth-order valence-electron chi connectivity index (χ4n) is 2.34. The predicted molar refractivity (Wildman–Crippen MR) is 110 cm³/mol. The first-order valence-corrected chi connectivity index (χ1v) is 9.88. The van der Waals surface area contributed by atoms with Crippen LogP contribution in [0.4, 0.5) is 31.5 Å². The number of carbonyl (C=O) groups is 2. The van der Waals surface area contributed by atoms with Gasteiger partial charge in [-0.2, -0.15) is 20.5 Å². The normalized spacial score (nSPS) is 10.4. The molecule has 10 nitrogen and oxygen atoms in total. The van der Waals surface area contributed by atoms with Gasteiger partial charge >= 0.3 is 11.4 Å². The number of amides is 2. The molecule has 0 aliphatic carbocycles. The van der Waals surface area contributed by atoms with Crippen LogP contribution in [-0.4, -0.2) is 33.2 Å². The monoisotopic (exact) mass is 454 g/mol. The number of anilines is 2. The van der Waals surface area contributed by atoms with E-state index < -0.39 is 44.7 Å². The van der Waals surface area contributed by atoms with Gasteiger partial charge in [0.1, 0.15) is 0 Å². The van der Waals surface area contributed by atoms with Crippen molar-refractivity contribution in [2.24, 2.45) is 0 Å². The number of thioether (sulfide) groups is 1. The number of carbonyl (C=O) groups excluding carboxylic acids is 2. The summed E-state index contributed by atoms with van der Waals surface area (Å²) < 4.78 is 26.6. The Bertz CT molecular complexity index is 941. The highest BCUT2D eigenvalue weighted by Crippen LogP contribution is 2.23. The van der Waals surface area contributed by atoms with Crippen LogP contribution in [0.5, 0.6) is 0 Å². The molecular formula is C18H16F2N4O6S. The van der Waals surface area contributed by atoms with Gasteiger partial charge in [-0.25, -0.2) is 0 Å². The third kappa shape index (κ3) is 7.29. The number of hydrogen-bond donors (Lipinski definition) is 2. The second-order valence-corrected chi connectivity index (χ2v) is 7.28. The molecule has 2 aromatic carbocycles. The van der Waals surface area contributed by atoms with Gasteiger partial charge in [-0.1, -0.05) is 0 Å². The molecule has 31 heavy (non-hydrogen) atoms. The first-order chi connectivity index (χ1) is 14.7. The molecule has 2 N–H and O–H groups in total. The Morgan fingerprint density at radius 3 is 1.55 bits per heavy atom. The molecule has 0 spiro atoms. The molecule has 0 radical (unpaired) electrons. The summed E-state index contributed by atoms with van der Waals surface area (Å²) in [6.45, 7) is 0. The molecule has 0 unspecified atom stereocenters. The Kier molecular flexibility index (Phi) is 8.37. The second kappa shape index (κ2) is 11.0. The summed E-state index contributed by atoms with van der Waals surface area (Å²) in [7, 11) is 0. The van der Waals surface area contributed by atoms with Crippen LogP contribution in [0, 0.1) is 31.9 Å². The van der Waals surface area contributed by atoms with Crippen molar-refractivity contribution in [3.05, 3.63) is 68.3 Å². The summed E-state index contributed by atoms with van der Waals surface area (Å²) >= 11 is 1.29. The molecular weight excluding hydrogens is 438 g/mol. The number of nitro benzene ring substituents is 2. The quantitative estimate of drug-likeness (QED) is 0.315. The van der Waals surface area contributed by atoms with E-state index >= 15 is 0 Å². The standard InChI is InChI=1S/C18H16F2N4O6S/c19-13-3-1-11(9-15(13)23(27)28)21-17(25)5-7-31-8-6-18(26)22-12-2-4-14(20)16(10-12)24(29)30/h1-4,9-10H,5-8H2,(H,21,25)(H,22,26). The SMILES string of the molecule is O=C(CCSCCC(=O)Nc1ccc(F)c([N+](=O)[O-])c1)Nc1ccc(F)c([N+](=O)[O-])c1. The lowest BCUT2D eigenvalue weighted by atomic mass is 10.2. The van der Waals surface area contributed by atoms with Crippen LogP contribution < -0.4 is 10.6 Å². The van der Waals surface area contributed by atoms with Crippen molar-refractivity contribution in [2.45, 2.75) is 12.8 Å². The number of rotatable bonds is 10. The Hall–Kier alpha value is -3.61. The van der Waals surface area contributed by atoms with E-state index in [0.717, 1.165) is 24.3 Å². The first kappa shape index (κ1) is 23.7. The Labute approximate surface area is 178 Å². The topological polar surface area (TPSA) is 144 Å². The molecule has 0 heterocycles. The zero-order valence-electron chi connectivity index (χ0n) is 15.8. The zero-order valence-corrected chi connectivity index (χ0v) is 16.6. The van der Waals surface area contributed by atoms with Crippen LogP contribution in [0.25, 0.3) is 0 Å². The zero-order chi connectivity index (χ0) is 23.0. The van der Waals surface area contributed by atoms with Gasteiger partial charge in [-0.15, -0.1) is 0 Å². The van der Waals surface area contributed by atoms with Gasteiger partial charge in [0.15, 0.2) is 0 Å². The molecule has 0 atom stereocenters. The number of nitrogens with one attached hydrogen (secondary N) is 2. The number of nitro groups is 2. The lowest BCUT2D eigenvalue weighted by molar-refractivity contribution is -0.387. The van der Waals surface area contributed by atoms with E-state index in [1.54, 1.807) is 0 Å². The van der Waals surface area contributed by atoms with E-state index in [1.807, 2.05) is 0 Å². The molecule has 164 valence electrons. The minimum absolute atomic E-state index is 0.0572. The number of benzene rings is 2. The highest BCUT2D eigenvalue weighted by Gasteiger charge is 2.16. The molecule has 0 fully saturated rings. The molecule has 0 aliphatic heterocycles. The minimum Gasteiger partial charge on any atom is -0.326 e. The third-order valence-electron chi connectivity index (χ3n) is 3.80. The summed E-state index contributed by atoms with van der Waals surface area (Å²) in [6, 6.07) is 6.03. The Morgan fingerprint density at radius 1 is 0.806 bits per heavy atom. The average molecular weight is 454 g/mol. The maximum absolute atomic E-state index is 13.3. The molecule has 0 aliphatic rings. The summed E-state index contributed by atoms with van der Waals surface area (Å²) in [6.07, 6.45) is 0.114. The van der Waals surface area contributed by atoms with E-state index in [9.17, 15) is 38.6 Å². The molecule has 0 saturated carbocycles. The highest BCUT2D eigenvalue weighted by atomic mass is 32.2.